The lowest BCUT2D eigenvalue weighted by Crippen LogP contribution is -1.95. The molecule has 0 fully saturated rings. The number of unbranched alkanes of at least 4 members (excludes halogenated alkanes) is 3. The number of esters is 1. The van der Waals surface area contributed by atoms with Gasteiger partial charge in [-0.25, -0.2) is 0 Å². The molecule has 0 atom stereocenters. The zero-order valence-corrected chi connectivity index (χ0v) is 14.3. The third-order valence-corrected chi connectivity index (χ3v) is 1.30. The summed E-state index contributed by atoms with van der Waals surface area (Å²) in [6.07, 6.45) is 5.54. The van der Waals surface area contributed by atoms with E-state index in [1.165, 1.54) is 32.6 Å². The highest BCUT2D eigenvalue weighted by atomic mass is 35.6. The third-order valence-electron chi connectivity index (χ3n) is 1.30. The fourth-order valence-electron chi connectivity index (χ4n) is 0.703. The van der Waals surface area contributed by atoms with Crippen molar-refractivity contribution in [3.8, 4) is 0 Å². The number of alkyl halides is 3. The summed E-state index contributed by atoms with van der Waals surface area (Å²) in [4.78, 5) is 9.82. The molecule has 6 heteroatoms. The standard InChI is InChI=1S/C6H14.C4H8O2.CHCl3.CH4O/c1-3-5-6-4-2;1-3-6-4(2)5;2-1(3)4;1-2/h3-6H2,1-2H3;3H2,1-2H3;1H;2H,1H3. The van der Waals surface area contributed by atoms with Gasteiger partial charge < -0.3 is 9.84 Å². The molecule has 0 aromatic rings. The van der Waals surface area contributed by atoms with E-state index in [1.54, 1.807) is 6.92 Å². The minimum atomic E-state index is -0.750. The zero-order valence-electron chi connectivity index (χ0n) is 12.0. The summed E-state index contributed by atoms with van der Waals surface area (Å²) in [6.45, 7) is 8.12. The number of halogens is 3. The molecular formula is C12H27Cl3O3. The van der Waals surface area contributed by atoms with Gasteiger partial charge in [-0.05, 0) is 6.92 Å². The molecule has 0 amide bonds. The normalized spacial score (nSPS) is 7.89. The predicted octanol–water partition coefficient (Wildman–Crippen LogP) is 4.75. The van der Waals surface area contributed by atoms with Crippen LogP contribution in [-0.2, 0) is 9.53 Å². The first kappa shape index (κ1) is 26.8. The molecule has 0 aromatic carbocycles. The smallest absolute Gasteiger partial charge is 0.302 e. The lowest BCUT2D eigenvalue weighted by atomic mass is 10.2. The molecule has 114 valence electrons. The Morgan fingerprint density at radius 3 is 1.39 bits per heavy atom. The van der Waals surface area contributed by atoms with E-state index in [2.05, 4.69) is 18.6 Å². The van der Waals surface area contributed by atoms with Crippen LogP contribution in [0.15, 0.2) is 0 Å². The number of aliphatic hydroxyl groups is 1. The van der Waals surface area contributed by atoms with Crippen LogP contribution in [0.2, 0.25) is 0 Å². The summed E-state index contributed by atoms with van der Waals surface area (Å²) in [5, 5.41) is 7.00. The summed E-state index contributed by atoms with van der Waals surface area (Å²) < 4.78 is 3.65. The van der Waals surface area contributed by atoms with E-state index in [9.17, 15) is 4.79 Å². The van der Waals surface area contributed by atoms with Crippen LogP contribution in [0.1, 0.15) is 53.4 Å². The predicted molar refractivity (Wildman–Crippen MR) is 81.6 cm³/mol. The Morgan fingerprint density at radius 1 is 1.06 bits per heavy atom. The van der Waals surface area contributed by atoms with Gasteiger partial charge in [-0.3, -0.25) is 4.79 Å². The molecule has 0 saturated heterocycles. The number of hydrogen-bond donors (Lipinski definition) is 1. The molecule has 0 aromatic heterocycles. The van der Waals surface area contributed by atoms with Gasteiger partial charge in [0.2, 0.25) is 0 Å². The van der Waals surface area contributed by atoms with E-state index in [-0.39, 0.29) is 5.97 Å². The summed E-state index contributed by atoms with van der Waals surface area (Å²) in [7, 11) is 1.00. The molecule has 0 spiro atoms. The van der Waals surface area contributed by atoms with Gasteiger partial charge in [-0.1, -0.05) is 74.3 Å². The monoisotopic (exact) mass is 324 g/mol. The van der Waals surface area contributed by atoms with Crippen molar-refractivity contribution in [1.29, 1.82) is 0 Å². The molecule has 0 aliphatic rings. The average molecular weight is 326 g/mol. The minimum absolute atomic E-state index is 0.211. The number of hydrogen-bond acceptors (Lipinski definition) is 3. The van der Waals surface area contributed by atoms with E-state index in [4.69, 9.17) is 39.9 Å². The van der Waals surface area contributed by atoms with Crippen LogP contribution in [0.4, 0.5) is 0 Å². The topological polar surface area (TPSA) is 46.5 Å². The van der Waals surface area contributed by atoms with Gasteiger partial charge in [0.25, 0.3) is 0 Å². The van der Waals surface area contributed by atoms with E-state index < -0.39 is 4.30 Å². The second kappa shape index (κ2) is 30.4. The van der Waals surface area contributed by atoms with Crippen molar-refractivity contribution in [2.75, 3.05) is 13.7 Å². The SMILES string of the molecule is CCCCCC.CCOC(C)=O.CO.ClC(Cl)Cl. The van der Waals surface area contributed by atoms with E-state index in [0.717, 1.165) is 7.11 Å². The molecule has 18 heavy (non-hydrogen) atoms. The second-order valence-electron chi connectivity index (χ2n) is 2.88. The Morgan fingerprint density at radius 2 is 1.33 bits per heavy atom. The molecule has 0 bridgehead atoms. The lowest BCUT2D eigenvalue weighted by molar-refractivity contribution is -0.140. The van der Waals surface area contributed by atoms with Gasteiger partial charge in [0, 0.05) is 14.0 Å². The van der Waals surface area contributed by atoms with Gasteiger partial charge in [-0.15, -0.1) is 0 Å². The van der Waals surface area contributed by atoms with Crippen molar-refractivity contribution in [3.05, 3.63) is 0 Å². The van der Waals surface area contributed by atoms with Crippen LogP contribution in [0, 0.1) is 0 Å². The van der Waals surface area contributed by atoms with Crippen molar-refractivity contribution >= 4 is 40.8 Å². The molecule has 0 radical (unpaired) electrons. The van der Waals surface area contributed by atoms with Crippen LogP contribution in [-0.4, -0.2) is 29.1 Å². The average Bonchev–Trinajstić information content (AvgIpc) is 2.29. The molecule has 1 N–H and O–H groups in total. The van der Waals surface area contributed by atoms with Gasteiger partial charge in [0.15, 0.2) is 4.30 Å². The number of aliphatic hydroxyl groups excluding tert-OH is 1. The van der Waals surface area contributed by atoms with Crippen molar-refractivity contribution in [3.63, 3.8) is 0 Å². The third kappa shape index (κ3) is 96.1. The summed E-state index contributed by atoms with van der Waals surface area (Å²) >= 11 is 14.4. The van der Waals surface area contributed by atoms with Crippen molar-refractivity contribution < 1.29 is 14.6 Å². The van der Waals surface area contributed by atoms with Crippen molar-refractivity contribution in [2.24, 2.45) is 0 Å². The van der Waals surface area contributed by atoms with Gasteiger partial charge in [-0.2, -0.15) is 0 Å². The van der Waals surface area contributed by atoms with Crippen LogP contribution in [0.3, 0.4) is 0 Å². The molecule has 0 aliphatic heterocycles. The zero-order chi connectivity index (χ0) is 15.4. The van der Waals surface area contributed by atoms with Crippen molar-refractivity contribution in [1.82, 2.24) is 0 Å². The number of rotatable bonds is 4. The number of carbonyl (C=O) groups excluding carboxylic acids is 1. The van der Waals surface area contributed by atoms with E-state index >= 15 is 0 Å². The molecule has 0 rings (SSSR count). The van der Waals surface area contributed by atoms with Crippen molar-refractivity contribution in [2.45, 2.75) is 57.7 Å². The highest BCUT2D eigenvalue weighted by Gasteiger charge is 1.81. The second-order valence-corrected chi connectivity index (χ2v) is 4.86. The van der Waals surface area contributed by atoms with E-state index in [1.807, 2.05) is 0 Å². The lowest BCUT2D eigenvalue weighted by Gasteiger charge is -1.89. The van der Waals surface area contributed by atoms with Crippen LogP contribution >= 0.6 is 34.8 Å². The first-order chi connectivity index (χ1) is 8.42. The minimum Gasteiger partial charge on any atom is -0.466 e. The molecule has 0 aliphatic carbocycles. The maximum Gasteiger partial charge on any atom is 0.302 e. The van der Waals surface area contributed by atoms with E-state index in [0.29, 0.717) is 6.61 Å². The highest BCUT2D eigenvalue weighted by Crippen LogP contribution is 2.03. The van der Waals surface area contributed by atoms with Gasteiger partial charge >= 0.3 is 5.97 Å². The molecule has 0 unspecified atom stereocenters. The number of ether oxygens (including phenoxy) is 1. The van der Waals surface area contributed by atoms with Crippen LogP contribution in [0.5, 0.6) is 0 Å². The number of carbonyl (C=O) groups is 1. The Bertz CT molecular complexity index is 127. The fourth-order valence-corrected chi connectivity index (χ4v) is 0.703. The molecular weight excluding hydrogens is 298 g/mol. The Labute approximate surface area is 127 Å². The molecule has 0 heterocycles. The Kier molecular flexibility index (Phi) is 45.2. The maximum absolute atomic E-state index is 9.82. The summed E-state index contributed by atoms with van der Waals surface area (Å²) in [5.41, 5.74) is 0. The first-order valence-corrected chi connectivity index (χ1v) is 7.23. The Hall–Kier alpha value is 0.300. The quantitative estimate of drug-likeness (QED) is 0.461. The van der Waals surface area contributed by atoms with Crippen LogP contribution < -0.4 is 0 Å². The van der Waals surface area contributed by atoms with Gasteiger partial charge in [0.05, 0.1) is 6.61 Å². The summed E-state index contributed by atoms with van der Waals surface area (Å²) in [6, 6.07) is 0. The first-order valence-electron chi connectivity index (χ1n) is 5.92. The maximum atomic E-state index is 9.82. The van der Waals surface area contributed by atoms with Gasteiger partial charge in [0.1, 0.15) is 0 Å². The molecule has 3 nitrogen and oxygen atoms in total. The van der Waals surface area contributed by atoms with Crippen LogP contribution in [0.25, 0.3) is 0 Å². The molecule has 0 saturated carbocycles. The summed E-state index contributed by atoms with van der Waals surface area (Å²) in [5.74, 6) is -0.211. The Balaban J connectivity index is -0.0000000777. The fraction of sp³-hybridized carbons (Fsp3) is 0.917. The largest absolute Gasteiger partial charge is 0.466 e. The highest BCUT2D eigenvalue weighted by molar-refractivity contribution is 6.63.